The minimum atomic E-state index is 0.159. The minimum absolute atomic E-state index is 0.159. The van der Waals surface area contributed by atoms with Gasteiger partial charge in [0.25, 0.3) is 0 Å². The summed E-state index contributed by atoms with van der Waals surface area (Å²) in [6.45, 7) is 10.1. The number of hydrogen-bond acceptors (Lipinski definition) is 4. The van der Waals surface area contributed by atoms with E-state index in [2.05, 4.69) is 55.2 Å². The Labute approximate surface area is 117 Å². The molecule has 0 bridgehead atoms. The third kappa shape index (κ3) is 5.57. The fourth-order valence-electron chi connectivity index (χ4n) is 1.72. The summed E-state index contributed by atoms with van der Waals surface area (Å²) >= 11 is 0. The van der Waals surface area contributed by atoms with Crippen molar-refractivity contribution in [3.63, 3.8) is 0 Å². The lowest BCUT2D eigenvalue weighted by atomic mass is 9.88. The molecule has 1 aromatic heterocycles. The van der Waals surface area contributed by atoms with Crippen molar-refractivity contribution in [3.8, 4) is 0 Å². The molecule has 1 aromatic rings. The van der Waals surface area contributed by atoms with E-state index in [9.17, 15) is 0 Å². The van der Waals surface area contributed by atoms with E-state index < -0.39 is 0 Å². The van der Waals surface area contributed by atoms with E-state index >= 15 is 0 Å². The van der Waals surface area contributed by atoms with Crippen molar-refractivity contribution < 1.29 is 4.74 Å². The van der Waals surface area contributed by atoms with Crippen LogP contribution >= 0.6 is 0 Å². The zero-order valence-corrected chi connectivity index (χ0v) is 12.9. The highest BCUT2D eigenvalue weighted by Crippen LogP contribution is 2.22. The number of anilines is 1. The van der Waals surface area contributed by atoms with Crippen molar-refractivity contribution >= 4 is 5.82 Å². The maximum Gasteiger partial charge on any atom is 0.128 e. The minimum Gasteiger partial charge on any atom is -0.383 e. The van der Waals surface area contributed by atoms with Crippen LogP contribution in [0.2, 0.25) is 0 Å². The molecule has 1 rings (SSSR count). The van der Waals surface area contributed by atoms with Gasteiger partial charge in [-0.2, -0.15) is 0 Å². The largest absolute Gasteiger partial charge is 0.383 e. The molecule has 0 atom stereocenters. The summed E-state index contributed by atoms with van der Waals surface area (Å²) in [4.78, 5) is 6.69. The van der Waals surface area contributed by atoms with Crippen LogP contribution in [0.25, 0.3) is 0 Å². The lowest BCUT2D eigenvalue weighted by Gasteiger charge is -2.22. The van der Waals surface area contributed by atoms with Crippen LogP contribution in [0.1, 0.15) is 26.3 Å². The maximum atomic E-state index is 4.99. The first-order valence-corrected chi connectivity index (χ1v) is 6.82. The summed E-state index contributed by atoms with van der Waals surface area (Å²) in [5.74, 6) is 1.02. The lowest BCUT2D eigenvalue weighted by molar-refractivity contribution is 0.200. The third-order valence-electron chi connectivity index (χ3n) is 3.11. The van der Waals surface area contributed by atoms with E-state index in [1.165, 1.54) is 5.56 Å². The van der Waals surface area contributed by atoms with Gasteiger partial charge in [-0.3, -0.25) is 0 Å². The van der Waals surface area contributed by atoms with Crippen LogP contribution in [0.4, 0.5) is 5.82 Å². The average molecular weight is 265 g/mol. The summed E-state index contributed by atoms with van der Waals surface area (Å²) in [6, 6.07) is 4.26. The van der Waals surface area contributed by atoms with E-state index in [0.717, 1.165) is 32.1 Å². The van der Waals surface area contributed by atoms with E-state index in [1.54, 1.807) is 7.11 Å². The highest BCUT2D eigenvalue weighted by molar-refractivity contribution is 5.39. The fourth-order valence-corrected chi connectivity index (χ4v) is 1.72. The molecule has 0 spiro atoms. The predicted molar refractivity (Wildman–Crippen MR) is 81.0 cm³/mol. The van der Waals surface area contributed by atoms with Gasteiger partial charge in [-0.15, -0.1) is 0 Å². The molecule has 0 aliphatic rings. The van der Waals surface area contributed by atoms with Crippen molar-refractivity contribution in [2.45, 2.75) is 26.2 Å². The second kappa shape index (κ2) is 7.46. The molecule has 4 heteroatoms. The molecule has 4 nitrogen and oxygen atoms in total. The average Bonchev–Trinajstić information content (AvgIpc) is 2.37. The number of nitrogens with one attached hydrogen (secondary N) is 1. The monoisotopic (exact) mass is 265 g/mol. The van der Waals surface area contributed by atoms with Crippen molar-refractivity contribution in [1.82, 2.24) is 10.3 Å². The summed E-state index contributed by atoms with van der Waals surface area (Å²) in [6.07, 6.45) is 1.98. The first-order valence-electron chi connectivity index (χ1n) is 6.82. The van der Waals surface area contributed by atoms with Gasteiger partial charge in [0.15, 0.2) is 0 Å². The number of pyridine rings is 1. The summed E-state index contributed by atoms with van der Waals surface area (Å²) in [5.41, 5.74) is 1.43. The van der Waals surface area contributed by atoms with Crippen molar-refractivity contribution in [3.05, 3.63) is 23.9 Å². The highest BCUT2D eigenvalue weighted by atomic mass is 16.5. The molecule has 0 aromatic carbocycles. The number of nitrogens with zero attached hydrogens (tertiary/aromatic N) is 2. The van der Waals surface area contributed by atoms with Crippen molar-refractivity contribution in [1.29, 1.82) is 0 Å². The van der Waals surface area contributed by atoms with Gasteiger partial charge in [-0.25, -0.2) is 4.98 Å². The Kier molecular flexibility index (Phi) is 6.25. The number of hydrogen-bond donors (Lipinski definition) is 1. The van der Waals surface area contributed by atoms with Gasteiger partial charge in [0.2, 0.25) is 0 Å². The van der Waals surface area contributed by atoms with Crippen LogP contribution in [-0.4, -0.2) is 45.4 Å². The molecule has 19 heavy (non-hydrogen) atoms. The van der Waals surface area contributed by atoms with Gasteiger partial charge in [-0.1, -0.05) is 26.8 Å². The molecule has 0 aliphatic carbocycles. The normalized spacial score (nSPS) is 11.6. The summed E-state index contributed by atoms with van der Waals surface area (Å²) < 4.78 is 4.99. The lowest BCUT2D eigenvalue weighted by Crippen LogP contribution is -2.31. The second-order valence-corrected chi connectivity index (χ2v) is 5.82. The van der Waals surface area contributed by atoms with Crippen LogP contribution < -0.4 is 10.2 Å². The molecule has 1 heterocycles. The van der Waals surface area contributed by atoms with Crippen LogP contribution in [0.5, 0.6) is 0 Å². The van der Waals surface area contributed by atoms with Crippen LogP contribution in [0, 0.1) is 0 Å². The van der Waals surface area contributed by atoms with Gasteiger partial charge in [0, 0.05) is 40.0 Å². The second-order valence-electron chi connectivity index (χ2n) is 5.82. The SMILES string of the molecule is COCCNCCN(C)c1ccc(C(C)(C)C)cn1. The van der Waals surface area contributed by atoms with Gasteiger partial charge < -0.3 is 15.0 Å². The highest BCUT2D eigenvalue weighted by Gasteiger charge is 2.14. The van der Waals surface area contributed by atoms with Crippen LogP contribution in [0.3, 0.4) is 0 Å². The molecule has 0 unspecified atom stereocenters. The van der Waals surface area contributed by atoms with E-state index in [4.69, 9.17) is 4.74 Å². The summed E-state index contributed by atoms with van der Waals surface area (Å²) in [5, 5.41) is 3.33. The Morgan fingerprint density at radius 1 is 1.26 bits per heavy atom. The first-order chi connectivity index (χ1) is 8.95. The molecule has 0 fully saturated rings. The Bertz CT molecular complexity index is 357. The molecule has 0 saturated carbocycles. The molecule has 108 valence electrons. The molecule has 1 N–H and O–H groups in total. The summed E-state index contributed by atoms with van der Waals surface area (Å²) in [7, 11) is 3.78. The maximum absolute atomic E-state index is 4.99. The van der Waals surface area contributed by atoms with Crippen molar-refractivity contribution in [2.75, 3.05) is 45.3 Å². The Hall–Kier alpha value is -1.13. The predicted octanol–water partition coefficient (Wildman–Crippen LogP) is 2.05. The zero-order chi connectivity index (χ0) is 14.3. The molecule has 0 radical (unpaired) electrons. The van der Waals surface area contributed by atoms with E-state index in [1.807, 2.05) is 6.20 Å². The number of ether oxygens (including phenoxy) is 1. The van der Waals surface area contributed by atoms with E-state index in [-0.39, 0.29) is 5.41 Å². The van der Waals surface area contributed by atoms with Crippen LogP contribution in [-0.2, 0) is 10.2 Å². The number of rotatable bonds is 7. The Morgan fingerprint density at radius 2 is 2.00 bits per heavy atom. The van der Waals surface area contributed by atoms with Gasteiger partial charge in [0.05, 0.1) is 6.61 Å². The molecule has 0 saturated heterocycles. The number of methoxy groups -OCH3 is 1. The number of aromatic nitrogens is 1. The molecular weight excluding hydrogens is 238 g/mol. The van der Waals surface area contributed by atoms with Gasteiger partial charge in [-0.05, 0) is 17.0 Å². The Morgan fingerprint density at radius 3 is 2.53 bits per heavy atom. The number of likely N-dealkylation sites (N-methyl/N-ethyl adjacent to an activating group) is 1. The quantitative estimate of drug-likeness (QED) is 0.766. The molecular formula is C15H27N3O. The van der Waals surface area contributed by atoms with Gasteiger partial charge >= 0.3 is 0 Å². The van der Waals surface area contributed by atoms with E-state index in [0.29, 0.717) is 0 Å². The zero-order valence-electron chi connectivity index (χ0n) is 12.9. The fraction of sp³-hybridized carbons (Fsp3) is 0.667. The standard InChI is InChI=1S/C15H27N3O/c1-15(2,3)13-6-7-14(17-12-13)18(4)10-8-16-9-11-19-5/h6-7,12,16H,8-11H2,1-5H3. The first kappa shape index (κ1) is 15.9. The van der Waals surface area contributed by atoms with Crippen molar-refractivity contribution in [2.24, 2.45) is 0 Å². The third-order valence-corrected chi connectivity index (χ3v) is 3.11. The Balaban J connectivity index is 2.42. The molecule has 0 amide bonds. The van der Waals surface area contributed by atoms with Gasteiger partial charge in [0.1, 0.15) is 5.82 Å². The smallest absolute Gasteiger partial charge is 0.128 e. The topological polar surface area (TPSA) is 37.4 Å². The molecule has 0 aliphatic heterocycles. The van der Waals surface area contributed by atoms with Crippen LogP contribution in [0.15, 0.2) is 18.3 Å².